The van der Waals surface area contributed by atoms with Gasteiger partial charge in [0, 0.05) is 10.0 Å². The summed E-state index contributed by atoms with van der Waals surface area (Å²) < 4.78 is 12.1. The molecule has 0 saturated heterocycles. The summed E-state index contributed by atoms with van der Waals surface area (Å²) in [4.78, 5) is 42.9. The minimum atomic E-state index is -1.19. The highest BCUT2D eigenvalue weighted by atomic mass is 79.9. The van der Waals surface area contributed by atoms with E-state index in [2.05, 4.69) is 20.9 Å². The van der Waals surface area contributed by atoms with Gasteiger partial charge in [0.1, 0.15) is 11.3 Å². The molecule has 1 aliphatic heterocycles. The minimum absolute atomic E-state index is 0.0223. The zero-order valence-corrected chi connectivity index (χ0v) is 18.0. The van der Waals surface area contributed by atoms with E-state index in [9.17, 15) is 19.5 Å². The Bertz CT molecular complexity index is 1460. The summed E-state index contributed by atoms with van der Waals surface area (Å²) in [7, 11) is 1.43. The van der Waals surface area contributed by atoms with Crippen molar-refractivity contribution in [1.29, 1.82) is 0 Å². The van der Waals surface area contributed by atoms with E-state index >= 15 is 0 Å². The highest BCUT2D eigenvalue weighted by Gasteiger charge is 2.39. The second kappa shape index (κ2) is 7.31. The molecule has 2 amide bonds. The van der Waals surface area contributed by atoms with Crippen LogP contribution in [0.25, 0.3) is 22.6 Å². The van der Waals surface area contributed by atoms with Crippen LogP contribution in [0, 0.1) is 0 Å². The van der Waals surface area contributed by atoms with Crippen molar-refractivity contribution in [2.24, 2.45) is 0 Å². The maximum Gasteiger partial charge on any atom is 0.335 e. The van der Waals surface area contributed by atoms with Crippen molar-refractivity contribution >= 4 is 50.5 Å². The molecule has 0 aliphatic carbocycles. The van der Waals surface area contributed by atoms with Gasteiger partial charge in [0.05, 0.1) is 29.5 Å². The van der Waals surface area contributed by atoms with E-state index in [0.29, 0.717) is 28.3 Å². The summed E-state index contributed by atoms with van der Waals surface area (Å²) in [6, 6.07) is 14.2. The standard InChI is InChI=1S/C23H13BrN2O6/c1-31-19-6-3-11(20-25-16-10-13(24)4-7-18(16)32-20)9-17(19)26-21(27)14-5-2-12(23(29)30)8-15(14)22(26)28/h2-10H,1H3,(H,29,30). The Kier molecular flexibility index (Phi) is 4.56. The number of benzene rings is 3. The molecule has 1 aliphatic rings. The van der Waals surface area contributed by atoms with Crippen LogP contribution in [-0.2, 0) is 0 Å². The third-order valence-electron chi connectivity index (χ3n) is 5.15. The third kappa shape index (κ3) is 3.05. The smallest absolute Gasteiger partial charge is 0.335 e. The molecule has 0 radical (unpaired) electrons. The summed E-state index contributed by atoms with van der Waals surface area (Å²) >= 11 is 3.40. The molecule has 0 spiro atoms. The van der Waals surface area contributed by atoms with E-state index < -0.39 is 17.8 Å². The van der Waals surface area contributed by atoms with Crippen LogP contribution in [0.3, 0.4) is 0 Å². The fourth-order valence-electron chi connectivity index (χ4n) is 3.61. The summed E-state index contributed by atoms with van der Waals surface area (Å²) in [5.41, 5.74) is 2.04. The van der Waals surface area contributed by atoms with Gasteiger partial charge in [-0.3, -0.25) is 9.59 Å². The van der Waals surface area contributed by atoms with E-state index in [-0.39, 0.29) is 22.4 Å². The summed E-state index contributed by atoms with van der Waals surface area (Å²) in [6.45, 7) is 0. The average molecular weight is 493 g/mol. The lowest BCUT2D eigenvalue weighted by molar-refractivity contribution is 0.0696. The molecular formula is C23H13BrN2O6. The first kappa shape index (κ1) is 20.0. The minimum Gasteiger partial charge on any atom is -0.495 e. The fourth-order valence-corrected chi connectivity index (χ4v) is 3.96. The van der Waals surface area contributed by atoms with Crippen LogP contribution < -0.4 is 9.64 Å². The molecule has 0 bridgehead atoms. The molecule has 8 nitrogen and oxygen atoms in total. The van der Waals surface area contributed by atoms with Crippen LogP contribution in [0.5, 0.6) is 5.75 Å². The highest BCUT2D eigenvalue weighted by molar-refractivity contribution is 9.10. The van der Waals surface area contributed by atoms with Crippen LogP contribution in [0.2, 0.25) is 0 Å². The van der Waals surface area contributed by atoms with Gasteiger partial charge in [0.15, 0.2) is 5.58 Å². The molecule has 0 atom stereocenters. The molecule has 0 unspecified atom stereocenters. The lowest BCUT2D eigenvalue weighted by atomic mass is 10.1. The number of ether oxygens (including phenoxy) is 1. The lowest BCUT2D eigenvalue weighted by Gasteiger charge is -2.18. The summed E-state index contributed by atoms with van der Waals surface area (Å²) in [6.07, 6.45) is 0. The Morgan fingerprint density at radius 1 is 1.03 bits per heavy atom. The number of halogens is 1. The maximum absolute atomic E-state index is 13.1. The number of methoxy groups -OCH3 is 1. The Hall–Kier alpha value is -3.98. The van der Waals surface area contributed by atoms with E-state index in [1.807, 2.05) is 12.1 Å². The van der Waals surface area contributed by atoms with Gasteiger partial charge in [-0.25, -0.2) is 14.7 Å². The van der Waals surface area contributed by atoms with Crippen molar-refractivity contribution in [2.75, 3.05) is 12.0 Å². The van der Waals surface area contributed by atoms with E-state index in [4.69, 9.17) is 9.15 Å². The van der Waals surface area contributed by atoms with Crippen molar-refractivity contribution < 1.29 is 28.6 Å². The average Bonchev–Trinajstić information content (AvgIpc) is 3.31. The predicted molar refractivity (Wildman–Crippen MR) is 118 cm³/mol. The number of carboxylic acids is 1. The van der Waals surface area contributed by atoms with Crippen molar-refractivity contribution in [1.82, 2.24) is 4.98 Å². The number of oxazole rings is 1. The molecule has 32 heavy (non-hydrogen) atoms. The number of carboxylic acid groups (broad SMARTS) is 1. The number of aromatic nitrogens is 1. The number of amides is 2. The first-order valence-electron chi connectivity index (χ1n) is 9.38. The molecule has 3 aromatic carbocycles. The largest absolute Gasteiger partial charge is 0.495 e. The third-order valence-corrected chi connectivity index (χ3v) is 5.64. The molecule has 2 heterocycles. The second-order valence-corrected chi connectivity index (χ2v) is 7.94. The Morgan fingerprint density at radius 2 is 1.81 bits per heavy atom. The molecule has 5 rings (SSSR count). The van der Waals surface area contributed by atoms with Crippen molar-refractivity contribution in [3.8, 4) is 17.2 Å². The number of fused-ring (bicyclic) bond motifs is 2. The zero-order chi connectivity index (χ0) is 22.6. The van der Waals surface area contributed by atoms with E-state index in [0.717, 1.165) is 9.37 Å². The van der Waals surface area contributed by atoms with Crippen LogP contribution in [0.4, 0.5) is 5.69 Å². The second-order valence-electron chi connectivity index (χ2n) is 7.03. The van der Waals surface area contributed by atoms with Crippen molar-refractivity contribution in [3.05, 3.63) is 75.8 Å². The van der Waals surface area contributed by atoms with Crippen LogP contribution in [0.15, 0.2) is 63.5 Å². The van der Waals surface area contributed by atoms with Gasteiger partial charge in [0.25, 0.3) is 11.8 Å². The number of carbonyl (C=O) groups is 3. The van der Waals surface area contributed by atoms with Gasteiger partial charge in [0.2, 0.25) is 5.89 Å². The monoisotopic (exact) mass is 492 g/mol. The van der Waals surface area contributed by atoms with E-state index in [1.54, 1.807) is 24.3 Å². The number of rotatable bonds is 4. The summed E-state index contributed by atoms with van der Waals surface area (Å²) in [5.74, 6) is -1.79. The lowest BCUT2D eigenvalue weighted by Crippen LogP contribution is -2.29. The number of hydrogen-bond acceptors (Lipinski definition) is 6. The van der Waals surface area contributed by atoms with Gasteiger partial charge in [-0.15, -0.1) is 0 Å². The van der Waals surface area contributed by atoms with Gasteiger partial charge in [-0.2, -0.15) is 0 Å². The van der Waals surface area contributed by atoms with Crippen molar-refractivity contribution in [2.45, 2.75) is 0 Å². The van der Waals surface area contributed by atoms with Crippen LogP contribution in [-0.4, -0.2) is 35.0 Å². The molecule has 1 N–H and O–H groups in total. The van der Waals surface area contributed by atoms with Gasteiger partial charge in [-0.1, -0.05) is 15.9 Å². The Balaban J connectivity index is 1.62. The first-order valence-corrected chi connectivity index (χ1v) is 10.2. The quantitative estimate of drug-likeness (QED) is 0.408. The SMILES string of the molecule is COc1ccc(-c2nc3cc(Br)ccc3o2)cc1N1C(=O)c2ccc(C(=O)O)cc2C1=O. The van der Waals surface area contributed by atoms with Gasteiger partial charge >= 0.3 is 5.97 Å². The Labute approximate surface area is 189 Å². The number of hydrogen-bond donors (Lipinski definition) is 1. The van der Waals surface area contributed by atoms with Gasteiger partial charge < -0.3 is 14.3 Å². The highest BCUT2D eigenvalue weighted by Crippen LogP contribution is 2.38. The molecule has 0 fully saturated rings. The number of carbonyl (C=O) groups excluding carboxylic acids is 2. The Morgan fingerprint density at radius 3 is 2.56 bits per heavy atom. The maximum atomic E-state index is 13.1. The zero-order valence-electron chi connectivity index (χ0n) is 16.5. The number of imide groups is 1. The molecule has 4 aromatic rings. The number of aromatic carboxylic acids is 1. The molecule has 1 aromatic heterocycles. The molecule has 9 heteroatoms. The predicted octanol–water partition coefficient (Wildman–Crippen LogP) is 4.76. The topological polar surface area (TPSA) is 110 Å². The molecule has 0 saturated carbocycles. The van der Waals surface area contributed by atoms with E-state index in [1.165, 1.54) is 25.3 Å². The fraction of sp³-hybridized carbons (Fsp3) is 0.0435. The normalized spacial score (nSPS) is 13.0. The van der Waals surface area contributed by atoms with Crippen LogP contribution >= 0.6 is 15.9 Å². The molecular weight excluding hydrogens is 480 g/mol. The number of anilines is 1. The van der Waals surface area contributed by atoms with Crippen molar-refractivity contribution in [3.63, 3.8) is 0 Å². The van der Waals surface area contributed by atoms with Crippen LogP contribution in [0.1, 0.15) is 31.1 Å². The summed E-state index contributed by atoms with van der Waals surface area (Å²) in [5, 5.41) is 9.22. The number of nitrogens with zero attached hydrogens (tertiary/aromatic N) is 2. The first-order chi connectivity index (χ1) is 15.4. The van der Waals surface area contributed by atoms with Gasteiger partial charge in [-0.05, 0) is 54.6 Å². The molecule has 158 valence electrons.